The summed E-state index contributed by atoms with van der Waals surface area (Å²) in [5, 5.41) is 0. The fraction of sp³-hybridized carbons (Fsp3) is 0.939. The average Bonchev–Trinajstić information content (AvgIpc) is 2.75. The van der Waals surface area contributed by atoms with Gasteiger partial charge in [-0.25, -0.2) is 0 Å². The average molecular weight is 463 g/mol. The third-order valence-electron chi connectivity index (χ3n) is 9.51. The van der Waals surface area contributed by atoms with Crippen molar-refractivity contribution < 1.29 is 0 Å². The highest BCUT2D eigenvalue weighted by Crippen LogP contribution is 2.40. The minimum absolute atomic E-state index is 0.500. The van der Waals surface area contributed by atoms with Gasteiger partial charge in [-0.15, -0.1) is 6.58 Å². The van der Waals surface area contributed by atoms with E-state index in [2.05, 4.69) is 88.8 Å². The second-order valence-electron chi connectivity index (χ2n) is 13.3. The van der Waals surface area contributed by atoms with E-state index in [-0.39, 0.29) is 0 Å². The van der Waals surface area contributed by atoms with E-state index in [1.165, 1.54) is 70.6 Å². The molecule has 0 saturated heterocycles. The van der Waals surface area contributed by atoms with Gasteiger partial charge in [0.15, 0.2) is 0 Å². The van der Waals surface area contributed by atoms with Crippen LogP contribution < -0.4 is 0 Å². The molecule has 0 saturated carbocycles. The minimum atomic E-state index is 0.500. The molecule has 0 N–H and O–H groups in total. The summed E-state index contributed by atoms with van der Waals surface area (Å²) in [4.78, 5) is 0. The maximum Gasteiger partial charge on any atom is -0.0208 e. The summed E-state index contributed by atoms with van der Waals surface area (Å²) in [5.41, 5.74) is 0.500. The second kappa shape index (κ2) is 17.2. The SMILES string of the molecule is C=CC(CCCC(C)(CC)CC(C)C(C)C)C(C)C(C)C(CCCC)CCC(C)CC(C)C. The molecule has 0 rings (SSSR count). The first-order chi connectivity index (χ1) is 15.4. The first-order valence-electron chi connectivity index (χ1n) is 15.0. The topological polar surface area (TPSA) is 0 Å². The van der Waals surface area contributed by atoms with E-state index in [0.29, 0.717) is 11.3 Å². The Morgan fingerprint density at radius 2 is 1.42 bits per heavy atom. The third-order valence-corrected chi connectivity index (χ3v) is 9.51. The minimum Gasteiger partial charge on any atom is -0.103 e. The van der Waals surface area contributed by atoms with Crippen LogP contribution in [-0.4, -0.2) is 0 Å². The normalized spacial score (nSPS) is 19.7. The first-order valence-corrected chi connectivity index (χ1v) is 15.0. The highest BCUT2D eigenvalue weighted by molar-refractivity contribution is 4.88. The predicted molar refractivity (Wildman–Crippen MR) is 154 cm³/mol. The van der Waals surface area contributed by atoms with E-state index in [1.54, 1.807) is 0 Å². The van der Waals surface area contributed by atoms with Gasteiger partial charge in [-0.2, -0.15) is 0 Å². The van der Waals surface area contributed by atoms with E-state index in [9.17, 15) is 0 Å². The van der Waals surface area contributed by atoms with Gasteiger partial charge in [0.05, 0.1) is 0 Å². The van der Waals surface area contributed by atoms with Crippen molar-refractivity contribution in [3.05, 3.63) is 12.7 Å². The molecular weight excluding hydrogens is 396 g/mol. The second-order valence-corrected chi connectivity index (χ2v) is 13.3. The molecule has 0 amide bonds. The number of unbranched alkanes of at least 4 members (excludes halogenated alkanes) is 1. The fourth-order valence-electron chi connectivity index (χ4n) is 6.17. The van der Waals surface area contributed by atoms with Gasteiger partial charge in [0, 0.05) is 0 Å². The highest BCUT2D eigenvalue weighted by Gasteiger charge is 2.29. The molecule has 0 aromatic carbocycles. The van der Waals surface area contributed by atoms with Gasteiger partial charge < -0.3 is 0 Å². The summed E-state index contributed by atoms with van der Waals surface area (Å²) in [6.07, 6.45) is 17.4. The van der Waals surface area contributed by atoms with E-state index >= 15 is 0 Å². The lowest BCUT2D eigenvalue weighted by Gasteiger charge is -2.36. The quantitative estimate of drug-likeness (QED) is 0.158. The van der Waals surface area contributed by atoms with Gasteiger partial charge >= 0.3 is 0 Å². The lowest BCUT2D eigenvalue weighted by atomic mass is 9.70. The molecule has 0 bridgehead atoms. The summed E-state index contributed by atoms with van der Waals surface area (Å²) in [6.45, 7) is 31.1. The van der Waals surface area contributed by atoms with Crippen molar-refractivity contribution in [3.8, 4) is 0 Å². The van der Waals surface area contributed by atoms with Gasteiger partial charge in [-0.1, -0.05) is 121 Å². The zero-order valence-corrected chi connectivity index (χ0v) is 25.2. The molecule has 198 valence electrons. The van der Waals surface area contributed by atoms with E-state index in [1.807, 2.05) is 0 Å². The molecule has 0 aromatic heterocycles. The molecule has 7 atom stereocenters. The molecule has 0 heteroatoms. The Morgan fingerprint density at radius 3 is 1.91 bits per heavy atom. The van der Waals surface area contributed by atoms with Crippen molar-refractivity contribution in [1.29, 1.82) is 0 Å². The van der Waals surface area contributed by atoms with Crippen LogP contribution in [0.5, 0.6) is 0 Å². The molecule has 0 aromatic rings. The van der Waals surface area contributed by atoms with Crippen LogP contribution in [0.4, 0.5) is 0 Å². The van der Waals surface area contributed by atoms with Gasteiger partial charge in [0.25, 0.3) is 0 Å². The van der Waals surface area contributed by atoms with Crippen LogP contribution in [0.2, 0.25) is 0 Å². The van der Waals surface area contributed by atoms with Crippen LogP contribution in [-0.2, 0) is 0 Å². The largest absolute Gasteiger partial charge is 0.103 e. The predicted octanol–water partition coefficient (Wildman–Crippen LogP) is 11.6. The molecule has 0 aliphatic rings. The Morgan fingerprint density at radius 1 is 0.788 bits per heavy atom. The van der Waals surface area contributed by atoms with Crippen molar-refractivity contribution in [1.82, 2.24) is 0 Å². The van der Waals surface area contributed by atoms with E-state index in [0.717, 1.165) is 41.4 Å². The van der Waals surface area contributed by atoms with Gasteiger partial charge in [0.1, 0.15) is 0 Å². The Kier molecular flexibility index (Phi) is 17.1. The maximum absolute atomic E-state index is 4.30. The number of rotatable bonds is 20. The van der Waals surface area contributed by atoms with E-state index in [4.69, 9.17) is 0 Å². The standard InChI is InChI=1S/C33H66/c1-13-16-18-32(21-20-27(8)23-25(4)5)30(11)29(10)31(14-2)19-17-22-33(12,15-3)24-28(9)26(6)7/h14,25-32H,2,13,15-24H2,1,3-12H3. The molecule has 0 aliphatic heterocycles. The molecule has 0 heterocycles. The van der Waals surface area contributed by atoms with Crippen LogP contribution in [0.15, 0.2) is 12.7 Å². The summed E-state index contributed by atoms with van der Waals surface area (Å²) in [5.74, 6) is 6.39. The van der Waals surface area contributed by atoms with Crippen molar-refractivity contribution in [2.45, 2.75) is 147 Å². The van der Waals surface area contributed by atoms with Crippen LogP contribution in [0, 0.1) is 52.8 Å². The Labute approximate surface area is 212 Å². The molecule has 7 unspecified atom stereocenters. The summed E-state index contributed by atoms with van der Waals surface area (Å²) < 4.78 is 0. The molecule has 0 nitrogen and oxygen atoms in total. The molecule has 0 spiro atoms. The van der Waals surface area contributed by atoms with Crippen molar-refractivity contribution in [2.75, 3.05) is 0 Å². The van der Waals surface area contributed by atoms with Crippen LogP contribution in [0.3, 0.4) is 0 Å². The maximum atomic E-state index is 4.30. The van der Waals surface area contributed by atoms with Crippen molar-refractivity contribution in [2.24, 2.45) is 52.8 Å². The zero-order chi connectivity index (χ0) is 25.6. The lowest BCUT2D eigenvalue weighted by Crippen LogP contribution is -2.26. The first kappa shape index (κ1) is 32.7. The number of hydrogen-bond donors (Lipinski definition) is 0. The Balaban J connectivity index is 4.97. The van der Waals surface area contributed by atoms with Crippen LogP contribution in [0.1, 0.15) is 147 Å². The Bertz CT molecular complexity index is 474. The highest BCUT2D eigenvalue weighted by atomic mass is 14.3. The number of allylic oxidation sites excluding steroid dienone is 1. The molecule has 0 radical (unpaired) electrons. The lowest BCUT2D eigenvalue weighted by molar-refractivity contribution is 0.162. The summed E-state index contributed by atoms with van der Waals surface area (Å²) in [6, 6.07) is 0. The smallest absolute Gasteiger partial charge is 0.0208 e. The van der Waals surface area contributed by atoms with E-state index < -0.39 is 0 Å². The van der Waals surface area contributed by atoms with Crippen LogP contribution >= 0.6 is 0 Å². The van der Waals surface area contributed by atoms with Crippen molar-refractivity contribution >= 4 is 0 Å². The molecular formula is C33H66. The Hall–Kier alpha value is -0.260. The zero-order valence-electron chi connectivity index (χ0n) is 25.2. The van der Waals surface area contributed by atoms with Crippen molar-refractivity contribution in [3.63, 3.8) is 0 Å². The van der Waals surface area contributed by atoms with Gasteiger partial charge in [-0.3, -0.25) is 0 Å². The summed E-state index contributed by atoms with van der Waals surface area (Å²) in [7, 11) is 0. The van der Waals surface area contributed by atoms with Gasteiger partial charge in [-0.05, 0) is 84.9 Å². The van der Waals surface area contributed by atoms with Crippen LogP contribution in [0.25, 0.3) is 0 Å². The molecule has 0 aliphatic carbocycles. The summed E-state index contributed by atoms with van der Waals surface area (Å²) >= 11 is 0. The van der Waals surface area contributed by atoms with Gasteiger partial charge in [0.2, 0.25) is 0 Å². The third kappa shape index (κ3) is 13.4. The number of hydrogen-bond acceptors (Lipinski definition) is 0. The monoisotopic (exact) mass is 463 g/mol. The molecule has 0 fully saturated rings. The molecule has 33 heavy (non-hydrogen) atoms. The fourth-order valence-corrected chi connectivity index (χ4v) is 6.17.